The highest BCUT2D eigenvalue weighted by Gasteiger charge is 2.55. The Balaban J connectivity index is 1.46. The van der Waals surface area contributed by atoms with E-state index in [2.05, 4.69) is 4.98 Å². The molecule has 152 valence electrons. The maximum atomic E-state index is 12.2. The van der Waals surface area contributed by atoms with Gasteiger partial charge in [0.05, 0.1) is 13.2 Å². The Morgan fingerprint density at radius 3 is 2.75 bits per heavy atom. The summed E-state index contributed by atoms with van der Waals surface area (Å²) in [6, 6.07) is 1.34. The van der Waals surface area contributed by atoms with Gasteiger partial charge in [-0.25, -0.2) is 14.4 Å². The van der Waals surface area contributed by atoms with E-state index in [4.69, 9.17) is 28.9 Å². The zero-order valence-electron chi connectivity index (χ0n) is 14.6. The molecule has 13 nitrogen and oxygen atoms in total. The van der Waals surface area contributed by atoms with Gasteiger partial charge in [0.2, 0.25) is 0 Å². The number of amides is 1. The minimum atomic E-state index is -1.02. The molecule has 1 amide bonds. The summed E-state index contributed by atoms with van der Waals surface area (Å²) in [5.74, 6) is -0.0496. The van der Waals surface area contributed by atoms with Crippen LogP contribution in [0.1, 0.15) is 6.23 Å². The first-order valence-corrected chi connectivity index (χ1v) is 8.58. The van der Waals surface area contributed by atoms with Gasteiger partial charge in [-0.05, 0) is 6.07 Å². The van der Waals surface area contributed by atoms with Gasteiger partial charge in [-0.1, -0.05) is 0 Å². The molecule has 3 aliphatic rings. The lowest BCUT2D eigenvalue weighted by Crippen LogP contribution is -2.42. The fourth-order valence-electron chi connectivity index (χ4n) is 3.24. The minimum Gasteiger partial charge on any atom is -0.446 e. The summed E-state index contributed by atoms with van der Waals surface area (Å²) < 4.78 is 27.6. The Kier molecular flexibility index (Phi) is 5.02. The number of hydrogen-bond acceptors (Lipinski definition) is 11. The molecule has 1 aromatic rings. The summed E-state index contributed by atoms with van der Waals surface area (Å²) in [6.07, 6.45) is -3.71. The maximum Gasteiger partial charge on any atom is 0.509 e. The third-order valence-corrected chi connectivity index (χ3v) is 4.61. The van der Waals surface area contributed by atoms with Gasteiger partial charge < -0.3 is 28.6 Å². The van der Waals surface area contributed by atoms with E-state index in [9.17, 15) is 14.4 Å². The molecule has 0 spiro atoms. The first kappa shape index (κ1) is 18.5. The number of aromatic nitrogens is 2. The lowest BCUT2D eigenvalue weighted by molar-refractivity contribution is -0.0784. The highest BCUT2D eigenvalue weighted by atomic mass is 16.8. The van der Waals surface area contributed by atoms with Gasteiger partial charge in [0, 0.05) is 19.3 Å². The molecule has 0 unspecified atom stereocenters. The van der Waals surface area contributed by atoms with Gasteiger partial charge in [0.25, 0.3) is 0 Å². The number of morpholine rings is 1. The van der Waals surface area contributed by atoms with Crippen molar-refractivity contribution in [2.24, 2.45) is 0 Å². The quantitative estimate of drug-likeness (QED) is 0.490. The van der Waals surface area contributed by atoms with Crippen LogP contribution in [0.15, 0.2) is 17.1 Å². The van der Waals surface area contributed by atoms with Crippen molar-refractivity contribution >= 4 is 18.1 Å². The second-order valence-electron chi connectivity index (χ2n) is 6.27. The van der Waals surface area contributed by atoms with Crippen molar-refractivity contribution in [2.75, 3.05) is 38.4 Å². The average molecular weight is 398 g/mol. The van der Waals surface area contributed by atoms with Gasteiger partial charge in [-0.2, -0.15) is 4.98 Å². The third-order valence-electron chi connectivity index (χ3n) is 4.61. The smallest absolute Gasteiger partial charge is 0.446 e. The molecular weight excluding hydrogens is 380 g/mol. The lowest BCUT2D eigenvalue weighted by atomic mass is 10.1. The standard InChI is InChI=1S/C15H18N4O9/c20-13-16-9(17-23)1-2-19(13)12-11-10(27-15(22)28-11)8(26-12)7-25-14(21)18-3-5-24-6-4-18/h1-2,8,10-12,23H,3-7H2,(H,16,17,20)/t8-,10-,11-,12-/m1/s1. The number of anilines is 1. The molecule has 0 radical (unpaired) electrons. The van der Waals surface area contributed by atoms with E-state index < -0.39 is 42.5 Å². The molecule has 4 rings (SSSR count). The Labute approximate surface area is 157 Å². The summed E-state index contributed by atoms with van der Waals surface area (Å²) in [4.78, 5) is 41.0. The Morgan fingerprint density at radius 1 is 1.29 bits per heavy atom. The highest BCUT2D eigenvalue weighted by Crippen LogP contribution is 2.37. The molecule has 0 aromatic carbocycles. The first-order valence-electron chi connectivity index (χ1n) is 8.58. The molecule has 3 aliphatic heterocycles. The Bertz CT molecular complexity index is 809. The normalized spacial score (nSPS) is 29.0. The molecule has 3 fully saturated rings. The summed E-state index contributed by atoms with van der Waals surface area (Å²) in [5.41, 5.74) is 1.03. The molecular formula is C15H18N4O9. The van der Waals surface area contributed by atoms with Crippen LogP contribution in [0.5, 0.6) is 0 Å². The molecule has 1 aromatic heterocycles. The number of carbonyl (C=O) groups is 2. The Morgan fingerprint density at radius 2 is 2.04 bits per heavy atom. The number of ether oxygens (including phenoxy) is 5. The third kappa shape index (κ3) is 3.46. The van der Waals surface area contributed by atoms with Crippen LogP contribution in [0.2, 0.25) is 0 Å². The lowest BCUT2D eigenvalue weighted by Gasteiger charge is -2.26. The molecule has 2 N–H and O–H groups in total. The fourth-order valence-corrected chi connectivity index (χ4v) is 3.24. The van der Waals surface area contributed by atoms with Crippen LogP contribution in [-0.2, 0) is 23.7 Å². The van der Waals surface area contributed by atoms with Crippen molar-refractivity contribution < 1.29 is 38.5 Å². The molecule has 0 bridgehead atoms. The number of carbonyl (C=O) groups excluding carboxylic acids is 2. The summed E-state index contributed by atoms with van der Waals surface area (Å²) in [6.45, 7) is 1.51. The molecule has 3 saturated heterocycles. The monoisotopic (exact) mass is 398 g/mol. The number of nitrogens with zero attached hydrogens (tertiary/aromatic N) is 3. The van der Waals surface area contributed by atoms with Crippen LogP contribution in [0.25, 0.3) is 0 Å². The Hall–Kier alpha value is -2.90. The largest absolute Gasteiger partial charge is 0.509 e. The van der Waals surface area contributed by atoms with E-state index in [1.165, 1.54) is 17.2 Å². The summed E-state index contributed by atoms with van der Waals surface area (Å²) in [5, 5.41) is 8.83. The molecule has 4 atom stereocenters. The zero-order valence-corrected chi connectivity index (χ0v) is 14.6. The van der Waals surface area contributed by atoms with E-state index >= 15 is 0 Å². The number of nitrogens with one attached hydrogen (secondary N) is 1. The molecule has 4 heterocycles. The predicted molar refractivity (Wildman–Crippen MR) is 86.7 cm³/mol. The van der Waals surface area contributed by atoms with Gasteiger partial charge in [0.1, 0.15) is 12.7 Å². The van der Waals surface area contributed by atoms with Crippen LogP contribution in [0.4, 0.5) is 15.4 Å². The fraction of sp³-hybridized carbons (Fsp3) is 0.600. The predicted octanol–water partition coefficient (Wildman–Crippen LogP) is -0.685. The van der Waals surface area contributed by atoms with Crippen molar-refractivity contribution in [3.05, 3.63) is 22.7 Å². The van der Waals surface area contributed by atoms with E-state index in [0.717, 1.165) is 4.57 Å². The minimum absolute atomic E-state index is 0.0496. The topological polar surface area (TPSA) is 151 Å². The van der Waals surface area contributed by atoms with Gasteiger partial charge in [-0.3, -0.25) is 15.3 Å². The molecule has 28 heavy (non-hydrogen) atoms. The number of fused-ring (bicyclic) bond motifs is 1. The highest BCUT2D eigenvalue weighted by molar-refractivity contribution is 5.67. The summed E-state index contributed by atoms with van der Waals surface area (Å²) >= 11 is 0. The van der Waals surface area contributed by atoms with Crippen molar-refractivity contribution in [1.29, 1.82) is 0 Å². The van der Waals surface area contributed by atoms with Gasteiger partial charge >= 0.3 is 17.9 Å². The number of rotatable bonds is 4. The van der Waals surface area contributed by atoms with Gasteiger partial charge in [-0.15, -0.1) is 0 Å². The average Bonchev–Trinajstić information content (AvgIpc) is 3.24. The van der Waals surface area contributed by atoms with Crippen LogP contribution < -0.4 is 11.2 Å². The van der Waals surface area contributed by atoms with Crippen molar-refractivity contribution in [3.8, 4) is 0 Å². The van der Waals surface area contributed by atoms with Crippen LogP contribution >= 0.6 is 0 Å². The van der Waals surface area contributed by atoms with Crippen LogP contribution in [-0.4, -0.2) is 83.1 Å². The van der Waals surface area contributed by atoms with Crippen LogP contribution in [0, 0.1) is 0 Å². The molecule has 0 saturated carbocycles. The summed E-state index contributed by atoms with van der Waals surface area (Å²) in [7, 11) is 0. The van der Waals surface area contributed by atoms with Crippen LogP contribution in [0.3, 0.4) is 0 Å². The maximum absolute atomic E-state index is 12.2. The van der Waals surface area contributed by atoms with E-state index in [1.54, 1.807) is 5.48 Å². The number of hydrogen-bond donors (Lipinski definition) is 2. The van der Waals surface area contributed by atoms with Gasteiger partial charge in [0.15, 0.2) is 24.3 Å². The first-order chi connectivity index (χ1) is 13.6. The van der Waals surface area contributed by atoms with E-state index in [0.29, 0.717) is 26.3 Å². The van der Waals surface area contributed by atoms with Crippen molar-refractivity contribution in [1.82, 2.24) is 14.5 Å². The van der Waals surface area contributed by atoms with E-state index in [1.807, 2.05) is 0 Å². The second-order valence-corrected chi connectivity index (χ2v) is 6.27. The zero-order chi connectivity index (χ0) is 19.7. The SMILES string of the molecule is O=C1O[C@@H]2[C@H](O1)[C@@H](COC(=O)N1CCOCC1)O[C@H]2n1ccc(NO)nc1=O. The molecule has 13 heteroatoms. The van der Waals surface area contributed by atoms with E-state index in [-0.39, 0.29) is 12.4 Å². The van der Waals surface area contributed by atoms with Crippen molar-refractivity contribution in [3.63, 3.8) is 0 Å². The van der Waals surface area contributed by atoms with Crippen molar-refractivity contribution in [2.45, 2.75) is 24.5 Å². The molecule has 0 aliphatic carbocycles. The second kappa shape index (κ2) is 7.61.